The summed E-state index contributed by atoms with van der Waals surface area (Å²) >= 11 is 3.47. The lowest BCUT2D eigenvalue weighted by atomic mass is 10.1. The van der Waals surface area contributed by atoms with Gasteiger partial charge in [0.25, 0.3) is 0 Å². The number of benzene rings is 1. The zero-order chi connectivity index (χ0) is 14.5. The number of nitrogens with one attached hydrogen (secondary N) is 2. The Morgan fingerprint density at radius 1 is 1.21 bits per heavy atom. The molecule has 0 saturated heterocycles. The zero-order valence-corrected chi connectivity index (χ0v) is 14.0. The van der Waals surface area contributed by atoms with Crippen LogP contribution in [0, 0.1) is 13.8 Å². The molecule has 0 atom stereocenters. The SMILES string of the molecule is CCNCCCS(=O)(=O)Nc1cc(C)c(Br)c(C)c1. The fourth-order valence-electron chi connectivity index (χ4n) is 1.80. The molecule has 0 heterocycles. The second-order valence-corrected chi connectivity index (χ2v) is 7.19. The lowest BCUT2D eigenvalue weighted by molar-refractivity contribution is 0.595. The van der Waals surface area contributed by atoms with Crippen LogP contribution in [-0.4, -0.2) is 27.3 Å². The van der Waals surface area contributed by atoms with Crippen molar-refractivity contribution in [3.63, 3.8) is 0 Å². The third-order valence-corrected chi connectivity index (χ3v) is 5.35. The number of anilines is 1. The van der Waals surface area contributed by atoms with Crippen molar-refractivity contribution >= 4 is 31.6 Å². The van der Waals surface area contributed by atoms with Crippen LogP contribution in [0.5, 0.6) is 0 Å². The monoisotopic (exact) mass is 348 g/mol. The topological polar surface area (TPSA) is 58.2 Å². The number of sulfonamides is 1. The molecule has 108 valence electrons. The predicted octanol–water partition coefficient (Wildman–Crippen LogP) is 2.81. The molecule has 0 saturated carbocycles. The summed E-state index contributed by atoms with van der Waals surface area (Å²) in [6.07, 6.45) is 0.609. The minimum absolute atomic E-state index is 0.133. The molecule has 1 rings (SSSR count). The lowest BCUT2D eigenvalue weighted by Gasteiger charge is -2.11. The van der Waals surface area contributed by atoms with E-state index >= 15 is 0 Å². The second-order valence-electron chi connectivity index (χ2n) is 4.55. The quantitative estimate of drug-likeness (QED) is 0.745. The van der Waals surface area contributed by atoms with Crippen molar-refractivity contribution in [3.8, 4) is 0 Å². The van der Waals surface area contributed by atoms with E-state index in [1.807, 2.05) is 32.9 Å². The highest BCUT2D eigenvalue weighted by Gasteiger charge is 2.11. The van der Waals surface area contributed by atoms with Gasteiger partial charge in [-0.15, -0.1) is 0 Å². The molecule has 0 spiro atoms. The van der Waals surface area contributed by atoms with Crippen molar-refractivity contribution < 1.29 is 8.42 Å². The van der Waals surface area contributed by atoms with Crippen LogP contribution in [0.1, 0.15) is 24.5 Å². The Hall–Kier alpha value is -0.590. The Kier molecular flexibility index (Phi) is 6.29. The number of hydrogen-bond acceptors (Lipinski definition) is 3. The van der Waals surface area contributed by atoms with E-state index in [9.17, 15) is 8.42 Å². The van der Waals surface area contributed by atoms with Gasteiger partial charge in [0.15, 0.2) is 0 Å². The van der Waals surface area contributed by atoms with Gasteiger partial charge < -0.3 is 5.32 Å². The summed E-state index contributed by atoms with van der Waals surface area (Å²) in [5.41, 5.74) is 2.66. The van der Waals surface area contributed by atoms with E-state index in [2.05, 4.69) is 26.0 Å². The summed E-state index contributed by atoms with van der Waals surface area (Å²) in [4.78, 5) is 0. The molecule has 0 aromatic heterocycles. The maximum absolute atomic E-state index is 11.9. The smallest absolute Gasteiger partial charge is 0.232 e. The van der Waals surface area contributed by atoms with Gasteiger partial charge in [0.05, 0.1) is 5.75 Å². The van der Waals surface area contributed by atoms with E-state index in [-0.39, 0.29) is 5.75 Å². The van der Waals surface area contributed by atoms with E-state index < -0.39 is 10.0 Å². The highest BCUT2D eigenvalue weighted by atomic mass is 79.9. The fraction of sp³-hybridized carbons (Fsp3) is 0.538. The summed E-state index contributed by atoms with van der Waals surface area (Å²) in [7, 11) is -3.27. The molecule has 0 aliphatic carbocycles. The zero-order valence-electron chi connectivity index (χ0n) is 11.6. The van der Waals surface area contributed by atoms with E-state index in [1.54, 1.807) is 0 Å². The molecule has 0 fully saturated rings. The maximum atomic E-state index is 11.9. The summed E-state index contributed by atoms with van der Waals surface area (Å²) in [6, 6.07) is 3.66. The number of hydrogen-bond donors (Lipinski definition) is 2. The largest absolute Gasteiger partial charge is 0.317 e. The Morgan fingerprint density at radius 2 is 1.79 bits per heavy atom. The average molecular weight is 349 g/mol. The van der Waals surface area contributed by atoms with Crippen molar-refractivity contribution in [1.82, 2.24) is 5.32 Å². The summed E-state index contributed by atoms with van der Waals surface area (Å²) < 4.78 is 27.5. The van der Waals surface area contributed by atoms with Gasteiger partial charge >= 0.3 is 0 Å². The third kappa shape index (κ3) is 5.50. The predicted molar refractivity (Wildman–Crippen MR) is 84.2 cm³/mol. The van der Waals surface area contributed by atoms with Crippen LogP contribution in [0.4, 0.5) is 5.69 Å². The van der Waals surface area contributed by atoms with Crippen molar-refractivity contribution in [3.05, 3.63) is 27.7 Å². The van der Waals surface area contributed by atoms with Crippen LogP contribution in [0.15, 0.2) is 16.6 Å². The number of aryl methyl sites for hydroxylation is 2. The van der Waals surface area contributed by atoms with Crippen molar-refractivity contribution in [2.24, 2.45) is 0 Å². The lowest BCUT2D eigenvalue weighted by Crippen LogP contribution is -2.22. The standard InChI is InChI=1S/C13H21BrN2O2S/c1-4-15-6-5-7-19(17,18)16-12-8-10(2)13(14)11(3)9-12/h8-9,15-16H,4-7H2,1-3H3. The molecule has 1 aromatic carbocycles. The van der Waals surface area contributed by atoms with E-state index in [4.69, 9.17) is 0 Å². The molecule has 2 N–H and O–H groups in total. The van der Waals surface area contributed by atoms with E-state index in [1.165, 1.54) is 0 Å². The fourth-order valence-corrected chi connectivity index (χ4v) is 3.13. The Morgan fingerprint density at radius 3 is 2.32 bits per heavy atom. The molecule has 1 aromatic rings. The van der Waals surface area contributed by atoms with E-state index in [0.29, 0.717) is 12.1 Å². The summed E-state index contributed by atoms with van der Waals surface area (Å²) in [5, 5.41) is 3.11. The first kappa shape index (κ1) is 16.5. The first-order valence-electron chi connectivity index (χ1n) is 6.33. The molecule has 0 amide bonds. The van der Waals surface area contributed by atoms with Crippen LogP contribution < -0.4 is 10.0 Å². The van der Waals surface area contributed by atoms with Crippen LogP contribution in [0.25, 0.3) is 0 Å². The number of halogens is 1. The molecule has 0 aliphatic rings. The molecular formula is C13H21BrN2O2S. The molecule has 0 aliphatic heterocycles. The molecule has 0 radical (unpaired) electrons. The second kappa shape index (κ2) is 7.26. The van der Waals surface area contributed by atoms with Gasteiger partial charge in [-0.1, -0.05) is 22.9 Å². The van der Waals surface area contributed by atoms with Gasteiger partial charge in [0.2, 0.25) is 10.0 Å². The Bertz CT molecular complexity index is 506. The highest BCUT2D eigenvalue weighted by molar-refractivity contribution is 9.10. The van der Waals surface area contributed by atoms with Crippen LogP contribution in [0.2, 0.25) is 0 Å². The van der Waals surface area contributed by atoms with Crippen molar-refractivity contribution in [2.45, 2.75) is 27.2 Å². The molecule has 0 bridgehead atoms. The molecule has 19 heavy (non-hydrogen) atoms. The van der Waals surface area contributed by atoms with Crippen LogP contribution >= 0.6 is 15.9 Å². The average Bonchev–Trinajstić information content (AvgIpc) is 2.31. The third-order valence-electron chi connectivity index (χ3n) is 2.73. The molecule has 0 unspecified atom stereocenters. The number of rotatable bonds is 7. The van der Waals surface area contributed by atoms with Crippen molar-refractivity contribution in [1.29, 1.82) is 0 Å². The van der Waals surface area contributed by atoms with E-state index in [0.717, 1.165) is 28.7 Å². The van der Waals surface area contributed by atoms with Gasteiger partial charge in [-0.3, -0.25) is 4.72 Å². The van der Waals surface area contributed by atoms with Gasteiger partial charge in [-0.05, 0) is 56.6 Å². The first-order chi connectivity index (χ1) is 8.85. The van der Waals surface area contributed by atoms with Crippen molar-refractivity contribution in [2.75, 3.05) is 23.6 Å². The minimum Gasteiger partial charge on any atom is -0.317 e. The molecule has 4 nitrogen and oxygen atoms in total. The Balaban J connectivity index is 2.68. The minimum atomic E-state index is -3.27. The first-order valence-corrected chi connectivity index (χ1v) is 8.78. The summed E-state index contributed by atoms with van der Waals surface area (Å²) in [6.45, 7) is 7.47. The molecule has 6 heteroatoms. The van der Waals surface area contributed by atoms with Gasteiger partial charge in [0, 0.05) is 10.2 Å². The highest BCUT2D eigenvalue weighted by Crippen LogP contribution is 2.25. The normalized spacial score (nSPS) is 11.6. The van der Waals surface area contributed by atoms with Crippen LogP contribution in [0.3, 0.4) is 0 Å². The van der Waals surface area contributed by atoms with Gasteiger partial charge in [-0.2, -0.15) is 0 Å². The molecular weight excluding hydrogens is 328 g/mol. The summed E-state index contributed by atoms with van der Waals surface area (Å²) in [5.74, 6) is 0.133. The Labute approximate surface area is 124 Å². The van der Waals surface area contributed by atoms with Gasteiger partial charge in [0.1, 0.15) is 0 Å². The maximum Gasteiger partial charge on any atom is 0.232 e. The van der Waals surface area contributed by atoms with Crippen LogP contribution in [-0.2, 0) is 10.0 Å². The van der Waals surface area contributed by atoms with Gasteiger partial charge in [-0.25, -0.2) is 8.42 Å².